The second-order valence-electron chi connectivity index (χ2n) is 9.56. The lowest BCUT2D eigenvalue weighted by Gasteiger charge is -2.36. The number of anilines is 1. The summed E-state index contributed by atoms with van der Waals surface area (Å²) in [6.45, 7) is 6.12. The summed E-state index contributed by atoms with van der Waals surface area (Å²) >= 11 is 0. The number of benzene rings is 1. The summed E-state index contributed by atoms with van der Waals surface area (Å²) in [7, 11) is 2.19. The third-order valence-corrected chi connectivity index (χ3v) is 7.07. The van der Waals surface area contributed by atoms with E-state index in [2.05, 4.69) is 92.6 Å². The molecule has 6 bridgehead atoms. The van der Waals surface area contributed by atoms with Crippen molar-refractivity contribution in [3.05, 3.63) is 90.1 Å². The first-order valence-corrected chi connectivity index (χ1v) is 12.7. The average molecular weight is 481 g/mol. The van der Waals surface area contributed by atoms with Gasteiger partial charge < -0.3 is 24.4 Å². The van der Waals surface area contributed by atoms with Crippen molar-refractivity contribution in [3.63, 3.8) is 0 Å². The third kappa shape index (κ3) is 4.85. The average Bonchev–Trinajstić information content (AvgIpc) is 3.19. The molecule has 4 heterocycles. The first-order valence-electron chi connectivity index (χ1n) is 12.7. The Bertz CT molecular complexity index is 1370. The van der Waals surface area contributed by atoms with Crippen LogP contribution in [0.2, 0.25) is 0 Å². The fourth-order valence-corrected chi connectivity index (χ4v) is 5.04. The SMILES string of the molecule is CN1CCN(C2=CCC=C3C=C2COC/C=C/Cn2ccc4ccc(cc42)-c2ccnc(n2)N3)CC1. The van der Waals surface area contributed by atoms with Gasteiger partial charge in [-0.25, -0.2) is 9.97 Å². The van der Waals surface area contributed by atoms with Gasteiger partial charge in [0.1, 0.15) is 0 Å². The van der Waals surface area contributed by atoms with E-state index >= 15 is 0 Å². The van der Waals surface area contributed by atoms with E-state index in [1.807, 2.05) is 12.3 Å². The number of aromatic nitrogens is 3. The molecule has 7 nitrogen and oxygen atoms in total. The molecule has 36 heavy (non-hydrogen) atoms. The maximum Gasteiger partial charge on any atom is 0.227 e. The van der Waals surface area contributed by atoms with Crippen molar-refractivity contribution in [2.45, 2.75) is 13.0 Å². The zero-order valence-electron chi connectivity index (χ0n) is 20.7. The van der Waals surface area contributed by atoms with Gasteiger partial charge in [0.25, 0.3) is 0 Å². The molecule has 7 heteroatoms. The van der Waals surface area contributed by atoms with E-state index in [0.717, 1.165) is 56.1 Å². The quantitative estimate of drug-likeness (QED) is 0.520. The Hall–Kier alpha value is -3.68. The van der Waals surface area contributed by atoms with Crippen molar-refractivity contribution in [2.75, 3.05) is 51.8 Å². The van der Waals surface area contributed by atoms with Crippen LogP contribution in [0.3, 0.4) is 0 Å². The lowest BCUT2D eigenvalue weighted by Crippen LogP contribution is -2.44. The van der Waals surface area contributed by atoms with Crippen LogP contribution >= 0.6 is 0 Å². The van der Waals surface area contributed by atoms with E-state index in [-0.39, 0.29) is 0 Å². The number of hydrogen-bond acceptors (Lipinski definition) is 6. The van der Waals surface area contributed by atoms with Gasteiger partial charge in [0.05, 0.1) is 18.9 Å². The summed E-state index contributed by atoms with van der Waals surface area (Å²) in [6, 6.07) is 10.6. The number of nitrogens with zero attached hydrogens (tertiary/aromatic N) is 5. The van der Waals surface area contributed by atoms with Crippen LogP contribution in [-0.4, -0.2) is 70.8 Å². The van der Waals surface area contributed by atoms with E-state index in [0.29, 0.717) is 19.2 Å². The zero-order chi connectivity index (χ0) is 24.3. The summed E-state index contributed by atoms with van der Waals surface area (Å²) in [6.07, 6.45) is 15.8. The summed E-state index contributed by atoms with van der Waals surface area (Å²) in [5.74, 6) is 0.597. The maximum atomic E-state index is 6.16. The molecule has 1 aromatic carbocycles. The summed E-state index contributed by atoms with van der Waals surface area (Å²) in [5, 5.41) is 4.69. The van der Waals surface area contributed by atoms with Gasteiger partial charge >= 0.3 is 0 Å². The molecule has 1 fully saturated rings. The Labute approximate surface area is 212 Å². The van der Waals surface area contributed by atoms with Crippen molar-refractivity contribution in [2.24, 2.45) is 0 Å². The lowest BCUT2D eigenvalue weighted by molar-refractivity contribution is 0.168. The highest BCUT2D eigenvalue weighted by atomic mass is 16.5. The summed E-state index contributed by atoms with van der Waals surface area (Å²) < 4.78 is 8.41. The molecular weight excluding hydrogens is 448 g/mol. The van der Waals surface area contributed by atoms with E-state index in [4.69, 9.17) is 9.72 Å². The minimum atomic E-state index is 0.553. The van der Waals surface area contributed by atoms with Gasteiger partial charge in [0.2, 0.25) is 5.95 Å². The minimum Gasteiger partial charge on any atom is -0.373 e. The lowest BCUT2D eigenvalue weighted by atomic mass is 10.1. The van der Waals surface area contributed by atoms with Crippen LogP contribution in [0.25, 0.3) is 22.2 Å². The number of piperazine rings is 1. The number of rotatable bonds is 1. The maximum absolute atomic E-state index is 6.16. The first-order chi connectivity index (χ1) is 17.7. The van der Waals surface area contributed by atoms with Gasteiger partial charge in [-0.1, -0.05) is 36.4 Å². The van der Waals surface area contributed by atoms with Gasteiger partial charge in [-0.05, 0) is 43.1 Å². The Balaban J connectivity index is 1.35. The van der Waals surface area contributed by atoms with E-state index < -0.39 is 0 Å². The molecule has 2 aliphatic heterocycles. The van der Waals surface area contributed by atoms with Gasteiger partial charge in [0.15, 0.2) is 0 Å². The molecule has 0 amide bonds. The van der Waals surface area contributed by atoms with Crippen LogP contribution in [0.5, 0.6) is 0 Å². The molecule has 2 aromatic heterocycles. The standard InChI is InChI=1S/C29H32N6O/c1-33-14-16-35(17-15-33)27-6-4-5-25-19-24(27)21-36-18-3-2-12-34-13-10-22-7-8-23(20-28(22)34)26-9-11-30-29(31-25)32-26/h2-3,5-11,13,19-20H,4,12,14-18,21H2,1H3,(H,30,31,32)/b3-2+. The van der Waals surface area contributed by atoms with Crippen molar-refractivity contribution in [1.29, 1.82) is 0 Å². The smallest absolute Gasteiger partial charge is 0.227 e. The number of fused-ring (bicyclic) bond motifs is 5. The Kier molecular flexibility index (Phi) is 6.40. The second kappa shape index (κ2) is 10.1. The highest BCUT2D eigenvalue weighted by Crippen LogP contribution is 2.27. The molecule has 1 saturated heterocycles. The zero-order valence-corrected chi connectivity index (χ0v) is 20.7. The normalized spacial score (nSPS) is 20.1. The molecule has 1 aliphatic carbocycles. The van der Waals surface area contributed by atoms with Crippen molar-refractivity contribution in [3.8, 4) is 11.3 Å². The van der Waals surface area contributed by atoms with Crippen LogP contribution < -0.4 is 5.32 Å². The molecule has 184 valence electrons. The molecule has 0 spiro atoms. The third-order valence-electron chi connectivity index (χ3n) is 7.07. The molecule has 0 radical (unpaired) electrons. The topological polar surface area (TPSA) is 58.5 Å². The van der Waals surface area contributed by atoms with Gasteiger partial charge in [0, 0.05) is 73.2 Å². The van der Waals surface area contributed by atoms with E-state index in [1.165, 1.54) is 22.2 Å². The number of nitrogens with one attached hydrogen (secondary N) is 1. The highest BCUT2D eigenvalue weighted by molar-refractivity contribution is 5.85. The largest absolute Gasteiger partial charge is 0.373 e. The van der Waals surface area contributed by atoms with Crippen molar-refractivity contribution < 1.29 is 4.74 Å². The van der Waals surface area contributed by atoms with Crippen LogP contribution in [0.15, 0.2) is 90.1 Å². The molecule has 0 saturated carbocycles. The molecule has 0 atom stereocenters. The van der Waals surface area contributed by atoms with E-state index in [9.17, 15) is 0 Å². The Morgan fingerprint density at radius 3 is 2.83 bits per heavy atom. The van der Waals surface area contributed by atoms with Gasteiger partial charge in [-0.2, -0.15) is 0 Å². The number of likely N-dealkylation sites (N-methyl/N-ethyl adjacent to an activating group) is 1. The van der Waals surface area contributed by atoms with Crippen molar-refractivity contribution >= 4 is 16.9 Å². The van der Waals surface area contributed by atoms with Crippen molar-refractivity contribution in [1.82, 2.24) is 24.3 Å². The molecule has 0 unspecified atom stereocenters. The number of allylic oxidation sites excluding steroid dienone is 4. The first kappa shape index (κ1) is 22.8. The summed E-state index contributed by atoms with van der Waals surface area (Å²) in [5.41, 5.74) is 6.63. The van der Waals surface area contributed by atoms with Gasteiger partial charge in [-0.15, -0.1) is 0 Å². The highest BCUT2D eigenvalue weighted by Gasteiger charge is 2.20. The fraction of sp³-hybridized carbons (Fsp3) is 0.310. The predicted octanol–water partition coefficient (Wildman–Crippen LogP) is 4.44. The van der Waals surface area contributed by atoms with Crippen LogP contribution in [-0.2, 0) is 11.3 Å². The Morgan fingerprint density at radius 1 is 1.00 bits per heavy atom. The fourth-order valence-electron chi connectivity index (χ4n) is 5.04. The van der Waals surface area contributed by atoms with Crippen LogP contribution in [0.4, 0.5) is 5.95 Å². The molecule has 1 N–H and O–H groups in total. The minimum absolute atomic E-state index is 0.553. The molecule has 3 aliphatic rings. The van der Waals surface area contributed by atoms with Gasteiger partial charge in [-0.3, -0.25) is 0 Å². The van der Waals surface area contributed by atoms with E-state index in [1.54, 1.807) is 0 Å². The second-order valence-corrected chi connectivity index (χ2v) is 9.56. The van der Waals surface area contributed by atoms with Crippen LogP contribution in [0, 0.1) is 0 Å². The Morgan fingerprint density at radius 2 is 1.92 bits per heavy atom. The number of hydrogen-bond donors (Lipinski definition) is 1. The predicted molar refractivity (Wildman–Crippen MR) is 144 cm³/mol. The monoisotopic (exact) mass is 480 g/mol. The number of ether oxygens (including phenoxy) is 1. The summed E-state index contributed by atoms with van der Waals surface area (Å²) in [4.78, 5) is 14.2. The van der Waals surface area contributed by atoms with Crippen LogP contribution in [0.1, 0.15) is 6.42 Å². The molecular formula is C29H32N6O. The molecule has 6 rings (SSSR count). The molecule has 3 aromatic rings.